The van der Waals surface area contributed by atoms with Crippen LogP contribution in [0.4, 0.5) is 4.79 Å². The van der Waals surface area contributed by atoms with Crippen molar-refractivity contribution in [2.75, 3.05) is 13.2 Å². The first kappa shape index (κ1) is 31.2. The lowest BCUT2D eigenvalue weighted by Gasteiger charge is -2.47. The summed E-state index contributed by atoms with van der Waals surface area (Å²) in [5, 5.41) is 2.08. The van der Waals surface area contributed by atoms with E-state index in [2.05, 4.69) is 69.3 Å². The van der Waals surface area contributed by atoms with E-state index >= 15 is 0 Å². The molecule has 0 unspecified atom stereocenters. The molecule has 0 spiro atoms. The summed E-state index contributed by atoms with van der Waals surface area (Å²) in [6, 6.07) is 20.6. The minimum Gasteiger partial charge on any atom is -0.447 e. The molecule has 0 radical (unpaired) electrons. The molecular weight excluding hydrogens is 534 g/mol. The van der Waals surface area contributed by atoms with Gasteiger partial charge in [0.1, 0.15) is 12.7 Å². The number of hydrogen-bond donors (Lipinski definition) is 0. The van der Waals surface area contributed by atoms with Crippen molar-refractivity contribution < 1.29 is 28.2 Å². The summed E-state index contributed by atoms with van der Waals surface area (Å²) in [7, 11) is -2.95. The Kier molecular flexibility index (Phi) is 9.28. The van der Waals surface area contributed by atoms with Gasteiger partial charge in [-0.15, -0.1) is 0 Å². The predicted molar refractivity (Wildman–Crippen MR) is 163 cm³/mol. The maximum absolute atomic E-state index is 13.3. The second-order valence-corrected chi connectivity index (χ2v) is 17.2. The van der Waals surface area contributed by atoms with E-state index in [-0.39, 0.29) is 41.5 Å². The van der Waals surface area contributed by atoms with E-state index in [1.165, 1.54) is 11.0 Å². The second kappa shape index (κ2) is 12.2. The van der Waals surface area contributed by atoms with Crippen LogP contribution in [-0.2, 0) is 23.4 Å². The van der Waals surface area contributed by atoms with Crippen molar-refractivity contribution in [1.29, 1.82) is 0 Å². The van der Waals surface area contributed by atoms with Crippen molar-refractivity contribution in [3.05, 3.63) is 72.8 Å². The zero-order valence-electron chi connectivity index (χ0n) is 25.6. The van der Waals surface area contributed by atoms with Crippen molar-refractivity contribution in [3.63, 3.8) is 0 Å². The summed E-state index contributed by atoms with van der Waals surface area (Å²) >= 11 is 0. The van der Waals surface area contributed by atoms with E-state index < -0.39 is 26.3 Å². The van der Waals surface area contributed by atoms with Gasteiger partial charge in [0.25, 0.3) is 14.2 Å². The first-order chi connectivity index (χ1) is 19.3. The molecule has 2 saturated heterocycles. The van der Waals surface area contributed by atoms with Gasteiger partial charge in [0.2, 0.25) is 0 Å². The third-order valence-corrected chi connectivity index (χ3v) is 13.1. The lowest BCUT2D eigenvalue weighted by molar-refractivity contribution is -0.151. The first-order valence-corrected chi connectivity index (χ1v) is 16.5. The summed E-state index contributed by atoms with van der Waals surface area (Å²) in [5.41, 5.74) is 0. The lowest BCUT2D eigenvalue weighted by atomic mass is 9.99. The molecule has 0 aromatic heterocycles. The van der Waals surface area contributed by atoms with Crippen molar-refractivity contribution in [1.82, 2.24) is 4.90 Å². The minimum atomic E-state index is -2.95. The van der Waals surface area contributed by atoms with Crippen molar-refractivity contribution in [2.45, 2.75) is 84.5 Å². The number of carbonyl (C=O) groups is 2. The van der Waals surface area contributed by atoms with E-state index in [4.69, 9.17) is 18.6 Å². The number of hydrogen-bond acceptors (Lipinski definition) is 6. The number of ether oxygens (including phenoxy) is 3. The van der Waals surface area contributed by atoms with Crippen LogP contribution in [0.25, 0.3) is 0 Å². The maximum Gasteiger partial charge on any atom is 0.417 e. The molecule has 2 aliphatic heterocycles. The van der Waals surface area contributed by atoms with Crippen molar-refractivity contribution in [2.24, 2.45) is 11.8 Å². The zero-order chi connectivity index (χ0) is 30.0. The van der Waals surface area contributed by atoms with Gasteiger partial charge in [0, 0.05) is 12.0 Å². The van der Waals surface area contributed by atoms with Gasteiger partial charge in [-0.3, -0.25) is 4.79 Å². The third kappa shape index (κ3) is 6.51. The predicted octanol–water partition coefficient (Wildman–Crippen LogP) is 5.28. The Morgan fingerprint density at radius 2 is 1.56 bits per heavy atom. The van der Waals surface area contributed by atoms with Gasteiger partial charge in [-0.25, -0.2) is 9.69 Å². The summed E-state index contributed by atoms with van der Waals surface area (Å²) in [6.07, 6.45) is 1.93. The topological polar surface area (TPSA) is 74.3 Å². The number of benzene rings is 2. The molecule has 7 nitrogen and oxygen atoms in total. The molecule has 2 aliphatic rings. The molecule has 4 rings (SSSR count). The lowest BCUT2D eigenvalue weighted by Crippen LogP contribution is -2.69. The smallest absolute Gasteiger partial charge is 0.417 e. The molecule has 0 aliphatic carbocycles. The van der Waals surface area contributed by atoms with Crippen molar-refractivity contribution >= 4 is 30.7 Å². The highest BCUT2D eigenvalue weighted by Gasteiger charge is 2.54. The summed E-state index contributed by atoms with van der Waals surface area (Å²) in [6.45, 7) is 17.1. The molecule has 0 bridgehead atoms. The molecule has 2 aromatic carbocycles. The summed E-state index contributed by atoms with van der Waals surface area (Å²) < 4.78 is 25.1. The zero-order valence-corrected chi connectivity index (χ0v) is 26.6. The Balaban J connectivity index is 1.76. The minimum absolute atomic E-state index is 0.0914. The molecule has 2 amide bonds. The van der Waals surface area contributed by atoms with Gasteiger partial charge < -0.3 is 18.6 Å². The SMILES string of the molecule is CC(C)[C@H]1COC(=O)N1C(=O)/C=C/[C@H](C)[C@H](O[Si](c1ccccc1)(c1ccccc1)C(C)(C)C)[C@H]1COC(C)(C)O1. The molecule has 222 valence electrons. The molecule has 8 heteroatoms. The number of rotatable bonds is 9. The Bertz CT molecular complexity index is 1180. The Labute approximate surface area is 245 Å². The standard InChI is InChI=1S/C33H45NO6Si/c1-23(2)27-21-37-31(36)34(27)29(35)20-19-24(3)30(28-22-38-33(7,8)39-28)40-41(32(4,5)6,25-15-11-9-12-16-25)26-17-13-10-14-18-26/h9-20,23-24,27-28,30H,21-22H2,1-8H3/b20-19+/t24-,27+,28+,30-/m0/s1. The van der Waals surface area contributed by atoms with Crippen molar-refractivity contribution in [3.8, 4) is 0 Å². The second-order valence-electron chi connectivity index (χ2n) is 12.9. The number of carbonyl (C=O) groups excluding carboxylic acids is 2. The van der Waals surface area contributed by atoms with E-state index in [9.17, 15) is 9.59 Å². The van der Waals surface area contributed by atoms with Crippen LogP contribution < -0.4 is 10.4 Å². The highest BCUT2D eigenvalue weighted by molar-refractivity contribution is 6.99. The van der Waals surface area contributed by atoms with Crippen LogP contribution in [0.1, 0.15) is 55.4 Å². The van der Waals surface area contributed by atoms with Gasteiger partial charge in [0.15, 0.2) is 5.79 Å². The number of cyclic esters (lactones) is 1. The molecule has 2 aromatic rings. The fourth-order valence-electron chi connectivity index (χ4n) is 5.90. The van der Waals surface area contributed by atoms with E-state index in [0.29, 0.717) is 6.61 Å². The molecule has 4 atom stereocenters. The molecular formula is C33H45NO6Si. The van der Waals surface area contributed by atoms with Gasteiger partial charge in [0.05, 0.1) is 18.8 Å². The highest BCUT2D eigenvalue weighted by atomic mass is 28.4. The molecule has 2 heterocycles. The van der Waals surface area contributed by atoms with Crippen LogP contribution in [0.5, 0.6) is 0 Å². The van der Waals surface area contributed by atoms with Gasteiger partial charge in [-0.1, -0.05) is 108 Å². The fraction of sp³-hybridized carbons (Fsp3) is 0.515. The summed E-state index contributed by atoms with van der Waals surface area (Å²) in [4.78, 5) is 26.9. The average molecular weight is 580 g/mol. The molecule has 0 saturated carbocycles. The van der Waals surface area contributed by atoms with Crippen LogP contribution in [0.3, 0.4) is 0 Å². The van der Waals surface area contributed by atoms with Crippen LogP contribution in [0, 0.1) is 11.8 Å². The molecule has 2 fully saturated rings. The van der Waals surface area contributed by atoms with Gasteiger partial charge in [-0.05, 0) is 35.2 Å². The van der Waals surface area contributed by atoms with E-state index in [1.54, 1.807) is 0 Å². The maximum atomic E-state index is 13.3. The highest BCUT2D eigenvalue weighted by Crippen LogP contribution is 2.40. The monoisotopic (exact) mass is 579 g/mol. The number of amides is 2. The summed E-state index contributed by atoms with van der Waals surface area (Å²) in [5.74, 6) is -1.28. The third-order valence-electron chi connectivity index (χ3n) is 8.10. The van der Waals surface area contributed by atoms with Crippen LogP contribution >= 0.6 is 0 Å². The quantitative estimate of drug-likeness (QED) is 0.297. The first-order valence-electron chi connectivity index (χ1n) is 14.6. The Hall–Kier alpha value is -2.78. The molecule has 0 N–H and O–H groups in total. The van der Waals surface area contributed by atoms with Crippen LogP contribution in [-0.4, -0.2) is 62.5 Å². The average Bonchev–Trinajstić information content (AvgIpc) is 3.49. The van der Waals surface area contributed by atoms with E-state index in [1.807, 2.05) is 52.8 Å². The van der Waals surface area contributed by atoms with Gasteiger partial charge >= 0.3 is 6.09 Å². The number of imide groups is 1. The largest absolute Gasteiger partial charge is 0.447 e. The Morgan fingerprint density at radius 3 is 2.02 bits per heavy atom. The van der Waals surface area contributed by atoms with E-state index in [0.717, 1.165) is 10.4 Å². The van der Waals surface area contributed by atoms with Gasteiger partial charge in [-0.2, -0.15) is 0 Å². The number of nitrogens with zero attached hydrogens (tertiary/aromatic N) is 1. The van der Waals surface area contributed by atoms with Crippen LogP contribution in [0.15, 0.2) is 72.8 Å². The normalized spacial score (nSPS) is 22.8. The molecule has 41 heavy (non-hydrogen) atoms. The fourth-order valence-corrected chi connectivity index (χ4v) is 10.7. The van der Waals surface area contributed by atoms with Crippen LogP contribution in [0.2, 0.25) is 5.04 Å². The Morgan fingerprint density at radius 1 is 1.00 bits per heavy atom.